The Bertz CT molecular complexity index is 697. The lowest BCUT2D eigenvalue weighted by Crippen LogP contribution is -1.99. The van der Waals surface area contributed by atoms with E-state index in [0.29, 0.717) is 6.54 Å². The van der Waals surface area contributed by atoms with Crippen LogP contribution in [0.5, 0.6) is 0 Å². The van der Waals surface area contributed by atoms with Crippen LogP contribution in [0.3, 0.4) is 0 Å². The highest BCUT2D eigenvalue weighted by Crippen LogP contribution is 2.26. The van der Waals surface area contributed by atoms with E-state index < -0.39 is 0 Å². The molecule has 0 bridgehead atoms. The number of aryl methyl sites for hydroxylation is 1. The van der Waals surface area contributed by atoms with E-state index >= 15 is 0 Å². The molecule has 96 valence electrons. The molecule has 19 heavy (non-hydrogen) atoms. The topological polar surface area (TPSA) is 12.0 Å². The van der Waals surface area contributed by atoms with E-state index in [9.17, 15) is 4.39 Å². The molecule has 3 heteroatoms. The van der Waals surface area contributed by atoms with Crippen molar-refractivity contribution in [2.45, 2.75) is 13.5 Å². The maximum absolute atomic E-state index is 13.3. The average Bonchev–Trinajstić information content (AvgIpc) is 2.78. The highest BCUT2D eigenvalue weighted by atomic mass is 32.1. The van der Waals surface area contributed by atoms with Gasteiger partial charge in [0.2, 0.25) is 0 Å². The summed E-state index contributed by atoms with van der Waals surface area (Å²) in [5, 5.41) is 6.72. The minimum Gasteiger partial charge on any atom is -0.381 e. The van der Waals surface area contributed by atoms with Gasteiger partial charge in [0.15, 0.2) is 0 Å². The summed E-state index contributed by atoms with van der Waals surface area (Å²) in [6, 6.07) is 13.4. The second kappa shape index (κ2) is 5.02. The molecule has 3 aromatic rings. The van der Waals surface area contributed by atoms with E-state index in [4.69, 9.17) is 0 Å². The minimum atomic E-state index is -0.197. The van der Waals surface area contributed by atoms with Crippen LogP contribution in [0.1, 0.15) is 11.1 Å². The number of hydrogen-bond donors (Lipinski definition) is 1. The molecule has 1 aromatic heterocycles. The molecule has 0 spiro atoms. The summed E-state index contributed by atoms with van der Waals surface area (Å²) >= 11 is 1.74. The summed E-state index contributed by atoms with van der Waals surface area (Å²) < 4.78 is 14.6. The molecule has 0 saturated carbocycles. The summed E-state index contributed by atoms with van der Waals surface area (Å²) in [6.45, 7) is 2.61. The van der Waals surface area contributed by atoms with Gasteiger partial charge in [-0.15, -0.1) is 11.3 Å². The summed E-state index contributed by atoms with van der Waals surface area (Å²) in [6.07, 6.45) is 0. The third-order valence-electron chi connectivity index (χ3n) is 3.09. The molecule has 3 rings (SSSR count). The fourth-order valence-corrected chi connectivity index (χ4v) is 3.17. The number of benzene rings is 2. The predicted octanol–water partition coefficient (Wildman–Crippen LogP) is 4.96. The van der Waals surface area contributed by atoms with Gasteiger partial charge in [-0.2, -0.15) is 0 Å². The molecular formula is C16H14FNS. The highest BCUT2D eigenvalue weighted by Gasteiger charge is 2.03. The molecule has 0 aliphatic carbocycles. The second-order valence-corrected chi connectivity index (χ2v) is 5.54. The molecule has 0 saturated heterocycles. The third kappa shape index (κ3) is 2.61. The van der Waals surface area contributed by atoms with Crippen molar-refractivity contribution in [1.29, 1.82) is 0 Å². The van der Waals surface area contributed by atoms with Gasteiger partial charge in [-0.1, -0.05) is 18.2 Å². The van der Waals surface area contributed by atoms with Crippen LogP contribution in [0.25, 0.3) is 10.1 Å². The van der Waals surface area contributed by atoms with Crippen molar-refractivity contribution < 1.29 is 4.39 Å². The normalized spacial score (nSPS) is 10.8. The summed E-state index contributed by atoms with van der Waals surface area (Å²) in [5.74, 6) is -0.197. The summed E-state index contributed by atoms with van der Waals surface area (Å²) in [5.41, 5.74) is 3.01. The van der Waals surface area contributed by atoms with Gasteiger partial charge in [0, 0.05) is 16.9 Å². The molecule has 2 aromatic carbocycles. The quantitative estimate of drug-likeness (QED) is 0.710. The molecule has 0 atom stereocenters. The van der Waals surface area contributed by atoms with Gasteiger partial charge in [0.1, 0.15) is 5.82 Å². The van der Waals surface area contributed by atoms with Crippen molar-refractivity contribution in [3.8, 4) is 0 Å². The standard InChI is InChI=1S/C16H14FNS/c1-11-6-13(17)8-14(7-11)18-9-12-10-19-16-5-3-2-4-15(12)16/h2-8,10,18H,9H2,1H3. The van der Waals surface area contributed by atoms with Gasteiger partial charge in [-0.25, -0.2) is 4.39 Å². The average molecular weight is 271 g/mol. The lowest BCUT2D eigenvalue weighted by Gasteiger charge is -2.07. The SMILES string of the molecule is Cc1cc(F)cc(NCc2csc3ccccc23)c1. The lowest BCUT2D eigenvalue weighted by molar-refractivity contribution is 0.627. The van der Waals surface area contributed by atoms with Crippen molar-refractivity contribution in [3.05, 3.63) is 64.8 Å². The number of rotatable bonds is 3. The second-order valence-electron chi connectivity index (χ2n) is 4.63. The first kappa shape index (κ1) is 12.2. The van der Waals surface area contributed by atoms with E-state index in [-0.39, 0.29) is 5.82 Å². The largest absolute Gasteiger partial charge is 0.381 e. The Morgan fingerprint density at radius 3 is 2.84 bits per heavy atom. The molecule has 0 fully saturated rings. The van der Waals surface area contributed by atoms with Crippen molar-refractivity contribution in [2.75, 3.05) is 5.32 Å². The van der Waals surface area contributed by atoms with Gasteiger partial charge in [-0.05, 0) is 53.1 Å². The van der Waals surface area contributed by atoms with Crippen LogP contribution in [-0.4, -0.2) is 0 Å². The maximum Gasteiger partial charge on any atom is 0.125 e. The van der Waals surface area contributed by atoms with Gasteiger partial charge >= 0.3 is 0 Å². The number of anilines is 1. The van der Waals surface area contributed by atoms with Gasteiger partial charge in [-0.3, -0.25) is 0 Å². The monoisotopic (exact) mass is 271 g/mol. The van der Waals surface area contributed by atoms with E-state index in [1.165, 1.54) is 27.8 Å². The van der Waals surface area contributed by atoms with Crippen molar-refractivity contribution >= 4 is 27.1 Å². The van der Waals surface area contributed by atoms with Crippen LogP contribution in [0.4, 0.5) is 10.1 Å². The Morgan fingerprint density at radius 2 is 2.00 bits per heavy atom. The predicted molar refractivity (Wildman–Crippen MR) is 80.3 cm³/mol. The van der Waals surface area contributed by atoms with Crippen LogP contribution in [0, 0.1) is 12.7 Å². The Hall–Kier alpha value is -1.87. The first-order valence-electron chi connectivity index (χ1n) is 6.18. The summed E-state index contributed by atoms with van der Waals surface area (Å²) in [4.78, 5) is 0. The van der Waals surface area contributed by atoms with Crippen LogP contribution in [0.15, 0.2) is 47.8 Å². The molecule has 1 nitrogen and oxygen atoms in total. The molecule has 0 unspecified atom stereocenters. The minimum absolute atomic E-state index is 0.197. The zero-order chi connectivity index (χ0) is 13.2. The van der Waals surface area contributed by atoms with Crippen molar-refractivity contribution in [1.82, 2.24) is 0 Å². The molecular weight excluding hydrogens is 257 g/mol. The third-order valence-corrected chi connectivity index (χ3v) is 4.10. The zero-order valence-corrected chi connectivity index (χ0v) is 11.4. The van der Waals surface area contributed by atoms with E-state index in [0.717, 1.165) is 11.3 Å². The lowest BCUT2D eigenvalue weighted by atomic mass is 10.1. The van der Waals surface area contributed by atoms with E-state index in [1.54, 1.807) is 11.3 Å². The van der Waals surface area contributed by atoms with E-state index in [2.05, 4.69) is 22.8 Å². The fourth-order valence-electron chi connectivity index (χ4n) is 2.21. The Labute approximate surface area is 115 Å². The number of nitrogens with one attached hydrogen (secondary N) is 1. The Balaban J connectivity index is 1.82. The van der Waals surface area contributed by atoms with Crippen molar-refractivity contribution in [3.63, 3.8) is 0 Å². The van der Waals surface area contributed by atoms with Gasteiger partial charge in [0.25, 0.3) is 0 Å². The molecule has 0 aliphatic rings. The van der Waals surface area contributed by atoms with E-state index in [1.807, 2.05) is 25.1 Å². The molecule has 1 N–H and O–H groups in total. The number of fused-ring (bicyclic) bond motifs is 1. The zero-order valence-electron chi connectivity index (χ0n) is 10.6. The first-order valence-corrected chi connectivity index (χ1v) is 7.06. The highest BCUT2D eigenvalue weighted by molar-refractivity contribution is 7.17. The molecule has 1 heterocycles. The fraction of sp³-hybridized carbons (Fsp3) is 0.125. The molecule has 0 amide bonds. The van der Waals surface area contributed by atoms with Crippen LogP contribution in [0.2, 0.25) is 0 Å². The van der Waals surface area contributed by atoms with Crippen LogP contribution >= 0.6 is 11.3 Å². The number of halogens is 1. The number of hydrogen-bond acceptors (Lipinski definition) is 2. The maximum atomic E-state index is 13.3. The van der Waals surface area contributed by atoms with Gasteiger partial charge < -0.3 is 5.32 Å². The van der Waals surface area contributed by atoms with Crippen LogP contribution < -0.4 is 5.32 Å². The molecule has 0 radical (unpaired) electrons. The van der Waals surface area contributed by atoms with Gasteiger partial charge in [0.05, 0.1) is 0 Å². The Kier molecular flexibility index (Phi) is 3.22. The van der Waals surface area contributed by atoms with Crippen LogP contribution in [-0.2, 0) is 6.54 Å². The first-order chi connectivity index (χ1) is 9.22. The van der Waals surface area contributed by atoms with Crippen molar-refractivity contribution in [2.24, 2.45) is 0 Å². The smallest absolute Gasteiger partial charge is 0.125 e. The molecule has 0 aliphatic heterocycles. The summed E-state index contributed by atoms with van der Waals surface area (Å²) in [7, 11) is 0. The number of thiophene rings is 1. The Morgan fingerprint density at radius 1 is 1.16 bits per heavy atom.